The van der Waals surface area contributed by atoms with Gasteiger partial charge >= 0.3 is 0 Å². The van der Waals surface area contributed by atoms with Gasteiger partial charge in [0.2, 0.25) is 0 Å². The molecule has 0 unspecified atom stereocenters. The first-order valence-corrected chi connectivity index (χ1v) is 3.85. The van der Waals surface area contributed by atoms with E-state index in [-0.39, 0.29) is 0 Å². The molecule has 0 aliphatic rings. The summed E-state index contributed by atoms with van der Waals surface area (Å²) in [5.41, 5.74) is 0. The SMILES string of the molecule is CC.Cc1ncnc2ncnn12. The van der Waals surface area contributed by atoms with Gasteiger partial charge < -0.3 is 0 Å². The van der Waals surface area contributed by atoms with Gasteiger partial charge in [-0.1, -0.05) is 13.8 Å². The summed E-state index contributed by atoms with van der Waals surface area (Å²) >= 11 is 0. The van der Waals surface area contributed by atoms with Crippen LogP contribution in [0.4, 0.5) is 0 Å². The lowest BCUT2D eigenvalue weighted by Crippen LogP contribution is -1.97. The molecule has 0 spiro atoms. The number of fused-ring (bicyclic) bond motifs is 1. The first kappa shape index (κ1) is 8.58. The van der Waals surface area contributed by atoms with Crippen molar-refractivity contribution >= 4 is 5.78 Å². The van der Waals surface area contributed by atoms with Crippen LogP contribution in [0.1, 0.15) is 19.7 Å². The first-order valence-electron chi connectivity index (χ1n) is 3.85. The van der Waals surface area contributed by atoms with Crippen molar-refractivity contribution in [2.75, 3.05) is 0 Å². The van der Waals surface area contributed by atoms with Gasteiger partial charge in [0.05, 0.1) is 0 Å². The molecule has 0 aliphatic heterocycles. The quantitative estimate of drug-likeness (QED) is 0.580. The van der Waals surface area contributed by atoms with E-state index in [4.69, 9.17) is 0 Å². The topological polar surface area (TPSA) is 56.0 Å². The van der Waals surface area contributed by atoms with Gasteiger partial charge in [-0.15, -0.1) is 0 Å². The maximum absolute atomic E-state index is 3.93. The summed E-state index contributed by atoms with van der Waals surface area (Å²) in [5, 5.41) is 3.90. The molecule has 0 atom stereocenters. The molecule has 5 nitrogen and oxygen atoms in total. The summed E-state index contributed by atoms with van der Waals surface area (Å²) in [4.78, 5) is 11.7. The summed E-state index contributed by atoms with van der Waals surface area (Å²) in [5.74, 6) is 1.38. The van der Waals surface area contributed by atoms with Crippen molar-refractivity contribution in [3.63, 3.8) is 0 Å². The monoisotopic (exact) mass is 165 g/mol. The molecule has 0 aliphatic carbocycles. The minimum Gasteiger partial charge on any atom is -0.222 e. The van der Waals surface area contributed by atoms with E-state index < -0.39 is 0 Å². The standard InChI is InChI=1S/C5H5N5.C2H6/c1-4-6-2-7-5-8-3-9-10(4)5;1-2/h2-3H,1H3;1-2H3. The molecular formula is C7H11N5. The Kier molecular flexibility index (Phi) is 2.68. The molecule has 0 amide bonds. The summed E-state index contributed by atoms with van der Waals surface area (Å²) < 4.78 is 1.58. The smallest absolute Gasteiger partial charge is 0.222 e. The predicted octanol–water partition coefficient (Wildman–Crippen LogP) is 0.854. The van der Waals surface area contributed by atoms with Crippen LogP contribution in [0.25, 0.3) is 5.78 Å². The number of rotatable bonds is 0. The van der Waals surface area contributed by atoms with E-state index >= 15 is 0 Å². The molecule has 0 fully saturated rings. The Balaban J connectivity index is 0.000000336. The van der Waals surface area contributed by atoms with Crippen LogP contribution >= 0.6 is 0 Å². The van der Waals surface area contributed by atoms with Crippen molar-refractivity contribution in [2.45, 2.75) is 20.8 Å². The zero-order valence-corrected chi connectivity index (χ0v) is 7.39. The number of hydrogen-bond acceptors (Lipinski definition) is 4. The fourth-order valence-corrected chi connectivity index (χ4v) is 0.770. The molecule has 12 heavy (non-hydrogen) atoms. The summed E-state index contributed by atoms with van der Waals surface area (Å²) in [7, 11) is 0. The van der Waals surface area contributed by atoms with Crippen LogP contribution in [-0.4, -0.2) is 24.6 Å². The zero-order valence-electron chi connectivity index (χ0n) is 7.39. The molecular weight excluding hydrogens is 154 g/mol. The van der Waals surface area contributed by atoms with E-state index in [0.29, 0.717) is 5.78 Å². The minimum atomic E-state index is 0.590. The molecule has 0 N–H and O–H groups in total. The first-order chi connectivity index (χ1) is 5.88. The highest BCUT2D eigenvalue weighted by Crippen LogP contribution is 1.92. The highest BCUT2D eigenvalue weighted by molar-refractivity contribution is 5.22. The molecule has 2 rings (SSSR count). The van der Waals surface area contributed by atoms with Crippen molar-refractivity contribution < 1.29 is 0 Å². The second-order valence-electron chi connectivity index (χ2n) is 1.89. The van der Waals surface area contributed by atoms with E-state index in [0.717, 1.165) is 5.82 Å². The van der Waals surface area contributed by atoms with E-state index in [9.17, 15) is 0 Å². The summed E-state index contributed by atoms with van der Waals surface area (Å²) in [6, 6.07) is 0. The Morgan fingerprint density at radius 1 is 1.08 bits per heavy atom. The van der Waals surface area contributed by atoms with Crippen molar-refractivity contribution in [1.82, 2.24) is 24.6 Å². The molecule has 5 heteroatoms. The van der Waals surface area contributed by atoms with Gasteiger partial charge in [-0.05, 0) is 6.92 Å². The van der Waals surface area contributed by atoms with Gasteiger partial charge in [0.25, 0.3) is 5.78 Å². The lowest BCUT2D eigenvalue weighted by molar-refractivity contribution is 0.836. The van der Waals surface area contributed by atoms with Crippen LogP contribution < -0.4 is 0 Å². The van der Waals surface area contributed by atoms with E-state index in [1.54, 1.807) is 4.52 Å². The van der Waals surface area contributed by atoms with Gasteiger partial charge in [0, 0.05) is 0 Å². The fourth-order valence-electron chi connectivity index (χ4n) is 0.770. The van der Waals surface area contributed by atoms with Crippen LogP contribution in [0.2, 0.25) is 0 Å². The molecule has 2 heterocycles. The van der Waals surface area contributed by atoms with Crippen molar-refractivity contribution in [3.05, 3.63) is 18.5 Å². The van der Waals surface area contributed by atoms with Crippen LogP contribution in [0, 0.1) is 6.92 Å². The molecule has 0 radical (unpaired) electrons. The lowest BCUT2D eigenvalue weighted by Gasteiger charge is -1.91. The highest BCUT2D eigenvalue weighted by Gasteiger charge is 1.96. The highest BCUT2D eigenvalue weighted by atomic mass is 15.3. The molecule has 0 saturated heterocycles. The predicted molar refractivity (Wildman–Crippen MR) is 44.7 cm³/mol. The number of aromatic nitrogens is 5. The van der Waals surface area contributed by atoms with Gasteiger partial charge in [0.15, 0.2) is 0 Å². The van der Waals surface area contributed by atoms with Crippen molar-refractivity contribution in [2.24, 2.45) is 0 Å². The number of nitrogens with zero attached hydrogens (tertiary/aromatic N) is 5. The van der Waals surface area contributed by atoms with Crippen molar-refractivity contribution in [1.29, 1.82) is 0 Å². The van der Waals surface area contributed by atoms with Gasteiger partial charge in [-0.3, -0.25) is 0 Å². The Bertz CT molecular complexity index is 353. The Morgan fingerprint density at radius 2 is 1.75 bits per heavy atom. The largest absolute Gasteiger partial charge is 0.255 e. The normalized spacial score (nSPS) is 9.25. The second-order valence-corrected chi connectivity index (χ2v) is 1.89. The van der Waals surface area contributed by atoms with Gasteiger partial charge in [0.1, 0.15) is 18.5 Å². The van der Waals surface area contributed by atoms with Gasteiger partial charge in [-0.2, -0.15) is 19.6 Å². The maximum Gasteiger partial charge on any atom is 0.255 e. The molecule has 64 valence electrons. The number of hydrogen-bond donors (Lipinski definition) is 0. The van der Waals surface area contributed by atoms with E-state index in [1.165, 1.54) is 12.7 Å². The number of aryl methyl sites for hydroxylation is 1. The van der Waals surface area contributed by atoms with Crippen LogP contribution in [0.15, 0.2) is 12.7 Å². The third-order valence-corrected chi connectivity index (χ3v) is 1.25. The van der Waals surface area contributed by atoms with E-state index in [2.05, 4.69) is 20.1 Å². The molecule has 2 aromatic heterocycles. The molecule has 0 saturated carbocycles. The average molecular weight is 165 g/mol. The summed E-state index contributed by atoms with van der Waals surface area (Å²) in [6.07, 6.45) is 2.93. The second kappa shape index (κ2) is 3.75. The van der Waals surface area contributed by atoms with E-state index in [1.807, 2.05) is 20.8 Å². The molecule has 2 aromatic rings. The lowest BCUT2D eigenvalue weighted by atomic mass is 10.7. The Morgan fingerprint density at radius 3 is 2.42 bits per heavy atom. The Labute approximate surface area is 70.5 Å². The average Bonchev–Trinajstić information content (AvgIpc) is 2.57. The van der Waals surface area contributed by atoms with Crippen LogP contribution in [0.3, 0.4) is 0 Å². The Hall–Kier alpha value is -1.52. The third-order valence-electron chi connectivity index (χ3n) is 1.25. The third kappa shape index (κ3) is 1.39. The van der Waals surface area contributed by atoms with Crippen LogP contribution in [-0.2, 0) is 0 Å². The zero-order chi connectivity index (χ0) is 8.97. The maximum atomic E-state index is 3.93. The summed E-state index contributed by atoms with van der Waals surface area (Å²) in [6.45, 7) is 5.85. The molecule has 0 bridgehead atoms. The molecule has 0 aromatic carbocycles. The van der Waals surface area contributed by atoms with Crippen molar-refractivity contribution in [3.8, 4) is 0 Å². The van der Waals surface area contributed by atoms with Crippen LogP contribution in [0.5, 0.6) is 0 Å². The van der Waals surface area contributed by atoms with Gasteiger partial charge in [-0.25, -0.2) is 4.98 Å². The minimum absolute atomic E-state index is 0.590. The fraction of sp³-hybridized carbons (Fsp3) is 0.429.